The lowest BCUT2D eigenvalue weighted by molar-refractivity contribution is -0.124. The summed E-state index contributed by atoms with van der Waals surface area (Å²) in [6, 6.07) is -0.328. The highest BCUT2D eigenvalue weighted by Crippen LogP contribution is 2.14. The van der Waals surface area contributed by atoms with Crippen LogP contribution in [0.3, 0.4) is 0 Å². The van der Waals surface area contributed by atoms with Crippen LogP contribution in [-0.4, -0.2) is 145 Å². The van der Waals surface area contributed by atoms with E-state index in [0.717, 1.165) is 156 Å². The summed E-state index contributed by atoms with van der Waals surface area (Å²) in [6.07, 6.45) is 59.8. The van der Waals surface area contributed by atoms with Gasteiger partial charge in [-0.05, 0) is 239 Å². The van der Waals surface area contributed by atoms with Crippen molar-refractivity contribution in [2.45, 2.75) is 296 Å². The smallest absolute Gasteiger partial charge is 0.237 e. The van der Waals surface area contributed by atoms with E-state index in [9.17, 15) is 9.59 Å². The van der Waals surface area contributed by atoms with Crippen molar-refractivity contribution in [3.8, 4) is 0 Å². The molecule has 0 heterocycles. The predicted molar refractivity (Wildman–Crippen MR) is 360 cm³/mol. The molecule has 82 heavy (non-hydrogen) atoms. The van der Waals surface area contributed by atoms with E-state index in [1.54, 1.807) is 0 Å². The summed E-state index contributed by atoms with van der Waals surface area (Å²) >= 11 is 0. The fourth-order valence-corrected chi connectivity index (χ4v) is 10.8. The number of hydrogen-bond donors (Lipinski definition) is 9. The van der Waals surface area contributed by atoms with Crippen molar-refractivity contribution in [3.05, 3.63) is 24.3 Å². The van der Waals surface area contributed by atoms with E-state index in [-0.39, 0.29) is 23.9 Å². The Bertz CT molecular complexity index is 1240. The minimum absolute atomic E-state index is 0.117. The third kappa shape index (κ3) is 58.4. The van der Waals surface area contributed by atoms with Gasteiger partial charge in [-0.1, -0.05) is 167 Å². The molecule has 13 heteroatoms. The highest BCUT2D eigenvalue weighted by Gasteiger charge is 2.19. The zero-order valence-electron chi connectivity index (χ0n) is 54.9. The molecular weight excluding hydrogens is 1010 g/mol. The van der Waals surface area contributed by atoms with Gasteiger partial charge < -0.3 is 58.9 Å². The molecule has 0 spiro atoms. The number of nitrogens with two attached hydrogens (primary N) is 3. The molecule has 2 unspecified atom stereocenters. The number of amides is 2. The van der Waals surface area contributed by atoms with Gasteiger partial charge >= 0.3 is 0 Å². The van der Waals surface area contributed by atoms with Crippen molar-refractivity contribution in [3.63, 3.8) is 0 Å². The van der Waals surface area contributed by atoms with Gasteiger partial charge in [0.25, 0.3) is 0 Å². The maximum absolute atomic E-state index is 13.5. The number of unbranched alkanes of at least 4 members (excludes halogenated alkanes) is 26. The quantitative estimate of drug-likeness (QED) is 0.0208. The highest BCUT2D eigenvalue weighted by atomic mass is 16.2. The van der Waals surface area contributed by atoms with Crippen LogP contribution in [0.5, 0.6) is 0 Å². The summed E-state index contributed by atoms with van der Waals surface area (Å²) in [6.45, 7) is 22.1. The molecule has 0 aliphatic rings. The van der Waals surface area contributed by atoms with Gasteiger partial charge in [0.15, 0.2) is 0 Å². The lowest BCUT2D eigenvalue weighted by Gasteiger charge is -2.25. The molecule has 0 fully saturated rings. The van der Waals surface area contributed by atoms with Crippen molar-refractivity contribution in [2.75, 3.05) is 111 Å². The Morgan fingerprint density at radius 1 is 0.317 bits per heavy atom. The molecule has 0 aromatic heterocycles. The number of allylic oxidation sites excluding steroid dienone is 4. The number of carbonyl (C=O) groups is 2. The minimum atomic E-state index is -0.190. The molecule has 0 aromatic carbocycles. The summed E-state index contributed by atoms with van der Waals surface area (Å²) < 4.78 is 0. The second-order valence-corrected chi connectivity index (χ2v) is 24.1. The Hall–Kier alpha value is -1.94. The van der Waals surface area contributed by atoms with Crippen molar-refractivity contribution < 1.29 is 9.59 Å². The van der Waals surface area contributed by atoms with Crippen molar-refractivity contribution in [1.29, 1.82) is 0 Å². The zero-order chi connectivity index (χ0) is 59.5. The first-order chi connectivity index (χ1) is 40.5. The van der Waals surface area contributed by atoms with Crippen LogP contribution in [0.15, 0.2) is 24.3 Å². The summed E-state index contributed by atoms with van der Waals surface area (Å²) in [4.78, 5) is 32.4. The van der Waals surface area contributed by atoms with Gasteiger partial charge in [-0.25, -0.2) is 0 Å². The largest absolute Gasteiger partial charge is 0.355 e. The predicted octanol–water partition coefficient (Wildman–Crippen LogP) is 13.0. The van der Waals surface area contributed by atoms with Crippen molar-refractivity contribution >= 4 is 11.8 Å². The number of carbonyl (C=O) groups excluding carboxylic acids is 2. The van der Waals surface area contributed by atoms with Gasteiger partial charge in [-0.3, -0.25) is 9.59 Å². The molecule has 0 aliphatic carbocycles. The first-order valence-corrected chi connectivity index (χ1v) is 35.8. The standard InChI is InChI=1S/C69H143N11O2/c1-4-7-10-12-14-16-18-20-22-24-26-28-30-32-34-36-60-79(64-45-58-77-68(81)66(75-56-9-6-3)47-40-52-73-54-42-49-70)62-38-39-63-80(61-37-35-33-31-29-27-25-23-21-19-17-15-13-11-8-5-2)65-46-59-78-69(82)67(76-57-44-51-72)48-41-53-74-55-43-50-71/h20-23,66-67,73-76H,4-19,24-65,70-72H2,1-3H3,(H,77,81)(H,78,82)/b22-20+,23-21+. The van der Waals surface area contributed by atoms with Gasteiger partial charge in [0, 0.05) is 13.1 Å². The molecule has 13 nitrogen and oxygen atoms in total. The van der Waals surface area contributed by atoms with E-state index >= 15 is 0 Å². The third-order valence-corrected chi connectivity index (χ3v) is 16.2. The fourth-order valence-electron chi connectivity index (χ4n) is 10.8. The van der Waals surface area contributed by atoms with Gasteiger partial charge in [0.1, 0.15) is 0 Å². The van der Waals surface area contributed by atoms with Crippen molar-refractivity contribution in [2.24, 2.45) is 17.2 Å². The van der Waals surface area contributed by atoms with Crippen LogP contribution in [-0.2, 0) is 9.59 Å². The zero-order valence-corrected chi connectivity index (χ0v) is 54.9. The molecule has 0 saturated carbocycles. The van der Waals surface area contributed by atoms with Crippen LogP contribution in [0.25, 0.3) is 0 Å². The highest BCUT2D eigenvalue weighted by molar-refractivity contribution is 5.82. The molecule has 0 aliphatic heterocycles. The Balaban J connectivity index is 5.46. The van der Waals surface area contributed by atoms with Gasteiger partial charge in [0.2, 0.25) is 11.8 Å². The van der Waals surface area contributed by atoms with Crippen LogP contribution in [0.1, 0.15) is 284 Å². The normalized spacial score (nSPS) is 12.7. The number of hydrogen-bond acceptors (Lipinski definition) is 11. The Morgan fingerprint density at radius 2 is 0.598 bits per heavy atom. The Morgan fingerprint density at radius 3 is 0.951 bits per heavy atom. The van der Waals surface area contributed by atoms with Crippen LogP contribution < -0.4 is 49.1 Å². The molecule has 486 valence electrons. The van der Waals surface area contributed by atoms with E-state index in [0.29, 0.717) is 26.2 Å². The fraction of sp³-hybridized carbons (Fsp3) is 0.913. The van der Waals surface area contributed by atoms with E-state index < -0.39 is 0 Å². The molecule has 0 bridgehead atoms. The van der Waals surface area contributed by atoms with Crippen LogP contribution >= 0.6 is 0 Å². The van der Waals surface area contributed by atoms with E-state index in [1.807, 2.05) is 0 Å². The van der Waals surface area contributed by atoms with Crippen LogP contribution in [0, 0.1) is 0 Å². The maximum atomic E-state index is 13.5. The topological polar surface area (TPSA) is 191 Å². The molecule has 0 aromatic rings. The van der Waals surface area contributed by atoms with E-state index in [1.165, 1.54) is 193 Å². The van der Waals surface area contributed by atoms with E-state index in [4.69, 9.17) is 17.2 Å². The lowest BCUT2D eigenvalue weighted by atomic mass is 10.1. The molecule has 0 rings (SSSR count). The average Bonchev–Trinajstić information content (AvgIpc) is 3.48. The van der Waals surface area contributed by atoms with Gasteiger partial charge in [-0.15, -0.1) is 0 Å². The molecule has 12 N–H and O–H groups in total. The summed E-state index contributed by atoms with van der Waals surface area (Å²) in [7, 11) is 0. The number of nitrogens with one attached hydrogen (secondary N) is 6. The van der Waals surface area contributed by atoms with Gasteiger partial charge in [0.05, 0.1) is 12.1 Å². The first kappa shape index (κ1) is 80.1. The molecule has 2 amide bonds. The molecule has 2 atom stereocenters. The van der Waals surface area contributed by atoms with Crippen LogP contribution in [0.2, 0.25) is 0 Å². The van der Waals surface area contributed by atoms with Crippen LogP contribution in [0.4, 0.5) is 0 Å². The molecular formula is C69H143N11O2. The number of nitrogens with zero attached hydrogens (tertiary/aromatic N) is 2. The van der Waals surface area contributed by atoms with Gasteiger partial charge in [-0.2, -0.15) is 0 Å². The number of rotatable bonds is 69. The molecule has 0 saturated heterocycles. The maximum Gasteiger partial charge on any atom is 0.237 e. The average molecular weight is 1160 g/mol. The SMILES string of the molecule is CCCCCCCC/C=C/CCCCCCCCN(CCCCN(CCCCCCCC/C=C/CCCCCCCC)CCCNC(=O)C(CCCNCCCN)NCCCN)CCCNC(=O)C(CCCNCCCN)NCCCC. The van der Waals surface area contributed by atoms with Crippen molar-refractivity contribution in [1.82, 2.24) is 41.7 Å². The Labute approximate surface area is 509 Å². The third-order valence-electron chi connectivity index (χ3n) is 16.2. The summed E-state index contributed by atoms with van der Waals surface area (Å²) in [5, 5.41) is 20.6. The second-order valence-electron chi connectivity index (χ2n) is 24.1. The molecule has 0 radical (unpaired) electrons. The first-order valence-electron chi connectivity index (χ1n) is 35.8. The second kappa shape index (κ2) is 68.2. The Kier molecular flexibility index (Phi) is 66.6. The van der Waals surface area contributed by atoms with E-state index in [2.05, 4.69) is 86.8 Å². The summed E-state index contributed by atoms with van der Waals surface area (Å²) in [5.74, 6) is 0.270. The summed E-state index contributed by atoms with van der Waals surface area (Å²) in [5.41, 5.74) is 17.2. The minimum Gasteiger partial charge on any atom is -0.355 e. The monoisotopic (exact) mass is 1160 g/mol. The lowest BCUT2D eigenvalue weighted by Crippen LogP contribution is -2.45.